The summed E-state index contributed by atoms with van der Waals surface area (Å²) in [5.74, 6) is 0.405. The second-order valence-corrected chi connectivity index (χ2v) is 4.58. The van der Waals surface area contributed by atoms with Gasteiger partial charge < -0.3 is 11.1 Å². The molecular weight excluding hydrogens is 203 g/mol. The van der Waals surface area contributed by atoms with Crippen LogP contribution in [0.5, 0.6) is 0 Å². The van der Waals surface area contributed by atoms with Crippen molar-refractivity contribution in [3.63, 3.8) is 0 Å². The summed E-state index contributed by atoms with van der Waals surface area (Å²) >= 11 is 0. The summed E-state index contributed by atoms with van der Waals surface area (Å²) in [5, 5.41) is 3.36. The van der Waals surface area contributed by atoms with Crippen molar-refractivity contribution in [2.75, 3.05) is 13.1 Å². The predicted molar refractivity (Wildman–Crippen MR) is 63.5 cm³/mol. The molecule has 0 saturated carbocycles. The molecule has 1 saturated heterocycles. The monoisotopic (exact) mass is 222 g/mol. The van der Waals surface area contributed by atoms with Crippen molar-refractivity contribution in [2.24, 2.45) is 11.7 Å². The molecule has 1 heterocycles. The Labute approximate surface area is 96.0 Å². The van der Waals surface area contributed by atoms with E-state index in [9.17, 15) is 4.39 Å². The maximum Gasteiger partial charge on any atom is 0.127 e. The second kappa shape index (κ2) is 5.41. The van der Waals surface area contributed by atoms with E-state index in [1.165, 1.54) is 18.9 Å². The summed E-state index contributed by atoms with van der Waals surface area (Å²) in [7, 11) is 0. The van der Waals surface area contributed by atoms with Gasteiger partial charge in [-0.25, -0.2) is 4.39 Å². The molecule has 2 atom stereocenters. The quantitative estimate of drug-likeness (QED) is 0.823. The molecule has 1 aromatic carbocycles. The van der Waals surface area contributed by atoms with E-state index in [0.717, 1.165) is 19.5 Å². The van der Waals surface area contributed by atoms with Crippen molar-refractivity contribution in [3.8, 4) is 0 Å². The third-order valence-electron chi connectivity index (χ3n) is 3.29. The van der Waals surface area contributed by atoms with Crippen LogP contribution in [-0.4, -0.2) is 13.1 Å². The summed E-state index contributed by atoms with van der Waals surface area (Å²) in [6, 6.07) is 6.64. The summed E-state index contributed by atoms with van der Waals surface area (Å²) in [5.41, 5.74) is 6.71. The topological polar surface area (TPSA) is 38.0 Å². The molecule has 2 unspecified atom stereocenters. The number of hydrogen-bond donors (Lipinski definition) is 2. The third kappa shape index (κ3) is 2.80. The minimum Gasteiger partial charge on any atom is -0.324 e. The Bertz CT molecular complexity index is 334. The number of benzene rings is 1. The van der Waals surface area contributed by atoms with Gasteiger partial charge in [-0.3, -0.25) is 0 Å². The molecule has 1 aliphatic heterocycles. The average molecular weight is 222 g/mol. The van der Waals surface area contributed by atoms with Gasteiger partial charge in [-0.05, 0) is 44.3 Å². The Morgan fingerprint density at radius 3 is 2.94 bits per heavy atom. The van der Waals surface area contributed by atoms with E-state index in [4.69, 9.17) is 5.73 Å². The Hall–Kier alpha value is -0.930. The fourth-order valence-corrected chi connectivity index (χ4v) is 2.39. The SMILES string of the molecule is NC(CC1CCCNC1)c1ccccc1F. The first-order valence-corrected chi connectivity index (χ1v) is 5.98. The molecule has 0 amide bonds. The molecule has 0 aliphatic carbocycles. The van der Waals surface area contributed by atoms with Crippen LogP contribution in [0, 0.1) is 11.7 Å². The first-order valence-electron chi connectivity index (χ1n) is 5.98. The van der Waals surface area contributed by atoms with Crippen molar-refractivity contribution in [1.82, 2.24) is 5.32 Å². The van der Waals surface area contributed by atoms with Gasteiger partial charge in [0.25, 0.3) is 0 Å². The van der Waals surface area contributed by atoms with Crippen LogP contribution in [0.1, 0.15) is 30.9 Å². The number of hydrogen-bond acceptors (Lipinski definition) is 2. The Balaban J connectivity index is 1.96. The summed E-state index contributed by atoms with van der Waals surface area (Å²) in [6.45, 7) is 2.12. The van der Waals surface area contributed by atoms with Gasteiger partial charge in [-0.1, -0.05) is 18.2 Å². The van der Waals surface area contributed by atoms with E-state index < -0.39 is 0 Å². The lowest BCUT2D eigenvalue weighted by molar-refractivity contribution is 0.334. The molecule has 2 rings (SSSR count). The molecule has 3 heteroatoms. The molecule has 1 aromatic rings. The van der Waals surface area contributed by atoms with Gasteiger partial charge in [0, 0.05) is 11.6 Å². The Morgan fingerprint density at radius 1 is 1.44 bits per heavy atom. The van der Waals surface area contributed by atoms with E-state index >= 15 is 0 Å². The summed E-state index contributed by atoms with van der Waals surface area (Å²) < 4.78 is 13.5. The van der Waals surface area contributed by atoms with Crippen molar-refractivity contribution < 1.29 is 4.39 Å². The van der Waals surface area contributed by atoms with E-state index in [2.05, 4.69) is 5.32 Å². The van der Waals surface area contributed by atoms with Gasteiger partial charge in [0.1, 0.15) is 5.82 Å². The van der Waals surface area contributed by atoms with Gasteiger partial charge >= 0.3 is 0 Å². The summed E-state index contributed by atoms with van der Waals surface area (Å²) in [6.07, 6.45) is 3.28. The van der Waals surface area contributed by atoms with Crippen LogP contribution in [0.15, 0.2) is 24.3 Å². The Morgan fingerprint density at radius 2 is 2.25 bits per heavy atom. The largest absolute Gasteiger partial charge is 0.324 e. The van der Waals surface area contributed by atoms with Crippen LogP contribution >= 0.6 is 0 Å². The zero-order valence-electron chi connectivity index (χ0n) is 9.45. The highest BCUT2D eigenvalue weighted by Crippen LogP contribution is 2.24. The molecule has 2 nitrogen and oxygen atoms in total. The van der Waals surface area contributed by atoms with Crippen LogP contribution in [-0.2, 0) is 0 Å². The lowest BCUT2D eigenvalue weighted by atomic mass is 9.90. The predicted octanol–water partition coefficient (Wildman–Crippen LogP) is 2.22. The average Bonchev–Trinajstić information content (AvgIpc) is 2.31. The molecule has 88 valence electrons. The maximum absolute atomic E-state index is 13.5. The number of nitrogens with two attached hydrogens (primary N) is 1. The van der Waals surface area contributed by atoms with Crippen LogP contribution in [0.25, 0.3) is 0 Å². The molecule has 0 radical (unpaired) electrons. The van der Waals surface area contributed by atoms with E-state index in [-0.39, 0.29) is 11.9 Å². The fourth-order valence-electron chi connectivity index (χ4n) is 2.39. The van der Waals surface area contributed by atoms with Crippen molar-refractivity contribution in [2.45, 2.75) is 25.3 Å². The molecule has 0 spiro atoms. The number of rotatable bonds is 3. The lowest BCUT2D eigenvalue weighted by Gasteiger charge is -2.25. The first kappa shape index (κ1) is 11.6. The van der Waals surface area contributed by atoms with Crippen LogP contribution in [0.3, 0.4) is 0 Å². The maximum atomic E-state index is 13.5. The lowest BCUT2D eigenvalue weighted by Crippen LogP contribution is -2.32. The van der Waals surface area contributed by atoms with Crippen molar-refractivity contribution >= 4 is 0 Å². The number of piperidine rings is 1. The molecule has 3 N–H and O–H groups in total. The normalized spacial score (nSPS) is 23.0. The fraction of sp³-hybridized carbons (Fsp3) is 0.538. The van der Waals surface area contributed by atoms with Gasteiger partial charge in [-0.15, -0.1) is 0 Å². The van der Waals surface area contributed by atoms with Gasteiger partial charge in [-0.2, -0.15) is 0 Å². The first-order chi connectivity index (χ1) is 7.77. The van der Waals surface area contributed by atoms with E-state index in [1.54, 1.807) is 12.1 Å². The van der Waals surface area contributed by atoms with Crippen LogP contribution in [0.2, 0.25) is 0 Å². The zero-order valence-corrected chi connectivity index (χ0v) is 9.45. The minimum absolute atomic E-state index is 0.175. The van der Waals surface area contributed by atoms with Gasteiger partial charge in [0.15, 0.2) is 0 Å². The smallest absolute Gasteiger partial charge is 0.127 e. The third-order valence-corrected chi connectivity index (χ3v) is 3.29. The minimum atomic E-state index is -0.182. The Kier molecular flexibility index (Phi) is 3.91. The van der Waals surface area contributed by atoms with E-state index in [0.29, 0.717) is 11.5 Å². The highest BCUT2D eigenvalue weighted by molar-refractivity contribution is 5.20. The van der Waals surface area contributed by atoms with Crippen LogP contribution < -0.4 is 11.1 Å². The van der Waals surface area contributed by atoms with Gasteiger partial charge in [0.2, 0.25) is 0 Å². The molecule has 16 heavy (non-hydrogen) atoms. The molecular formula is C13H19FN2. The molecule has 0 bridgehead atoms. The molecule has 1 aliphatic rings. The molecule has 1 fully saturated rings. The summed E-state index contributed by atoms with van der Waals surface area (Å²) in [4.78, 5) is 0. The van der Waals surface area contributed by atoms with Crippen molar-refractivity contribution in [3.05, 3.63) is 35.6 Å². The van der Waals surface area contributed by atoms with Crippen LogP contribution in [0.4, 0.5) is 4.39 Å². The van der Waals surface area contributed by atoms with E-state index in [1.807, 2.05) is 6.07 Å². The van der Waals surface area contributed by atoms with Crippen molar-refractivity contribution in [1.29, 1.82) is 0 Å². The highest BCUT2D eigenvalue weighted by Gasteiger charge is 2.18. The highest BCUT2D eigenvalue weighted by atomic mass is 19.1. The number of nitrogens with one attached hydrogen (secondary N) is 1. The molecule has 0 aromatic heterocycles. The van der Waals surface area contributed by atoms with Gasteiger partial charge in [0.05, 0.1) is 0 Å². The standard InChI is InChI=1S/C13H19FN2/c14-12-6-2-1-5-11(12)13(15)8-10-4-3-7-16-9-10/h1-2,5-6,10,13,16H,3-4,7-9,15H2. The second-order valence-electron chi connectivity index (χ2n) is 4.58. The zero-order chi connectivity index (χ0) is 11.4. The number of halogens is 1.